The topological polar surface area (TPSA) is 67.2 Å². The molecule has 1 N–H and O–H groups in total. The van der Waals surface area contributed by atoms with Crippen LogP contribution in [0, 0.1) is 5.92 Å². The Labute approximate surface area is 114 Å². The van der Waals surface area contributed by atoms with E-state index in [2.05, 4.69) is 14.9 Å². The molecule has 6 nitrogen and oxygen atoms in total. The lowest BCUT2D eigenvalue weighted by Crippen LogP contribution is -2.40. The number of aromatic nitrogens is 2. The summed E-state index contributed by atoms with van der Waals surface area (Å²) in [6.07, 6.45) is 7.15. The number of hydrogen-bond acceptors (Lipinski definition) is 4. The van der Waals surface area contributed by atoms with Crippen molar-refractivity contribution in [2.75, 3.05) is 26.4 Å². The number of imidazole rings is 1. The molecule has 0 aromatic carbocycles. The highest BCUT2D eigenvalue weighted by molar-refractivity contribution is 7.88. The predicted molar refractivity (Wildman–Crippen MR) is 74.1 cm³/mol. The molecule has 2 rings (SSSR count). The van der Waals surface area contributed by atoms with Crippen LogP contribution >= 0.6 is 0 Å². The van der Waals surface area contributed by atoms with E-state index in [1.807, 2.05) is 19.6 Å². The van der Waals surface area contributed by atoms with Gasteiger partial charge < -0.3 is 9.88 Å². The smallest absolute Gasteiger partial charge is 0.211 e. The SMILES string of the molecule is CNCc1cn(CC2CCCN(S(C)(=O)=O)C2)cn1. The summed E-state index contributed by atoms with van der Waals surface area (Å²) in [5.74, 6) is 0.375. The summed E-state index contributed by atoms with van der Waals surface area (Å²) < 4.78 is 26.8. The second-order valence-corrected chi connectivity index (χ2v) is 7.20. The average Bonchev–Trinajstić information content (AvgIpc) is 2.76. The van der Waals surface area contributed by atoms with Crippen molar-refractivity contribution in [1.29, 1.82) is 0 Å². The zero-order valence-electron chi connectivity index (χ0n) is 11.5. The highest BCUT2D eigenvalue weighted by Crippen LogP contribution is 2.20. The minimum absolute atomic E-state index is 0.375. The molecule has 7 heteroatoms. The molecular formula is C12H22N4O2S. The maximum absolute atomic E-state index is 11.6. The van der Waals surface area contributed by atoms with Crippen molar-refractivity contribution in [3.63, 3.8) is 0 Å². The number of rotatable bonds is 5. The fourth-order valence-corrected chi connectivity index (χ4v) is 3.50. The molecule has 0 radical (unpaired) electrons. The lowest BCUT2D eigenvalue weighted by atomic mass is 10.00. The van der Waals surface area contributed by atoms with Crippen LogP contribution in [0.1, 0.15) is 18.5 Å². The van der Waals surface area contributed by atoms with Crippen LogP contribution in [0.2, 0.25) is 0 Å². The van der Waals surface area contributed by atoms with Gasteiger partial charge in [0, 0.05) is 32.4 Å². The van der Waals surface area contributed by atoms with Crippen molar-refractivity contribution in [3.8, 4) is 0 Å². The van der Waals surface area contributed by atoms with E-state index < -0.39 is 10.0 Å². The van der Waals surface area contributed by atoms with Crippen molar-refractivity contribution in [2.45, 2.75) is 25.9 Å². The molecule has 1 aromatic heterocycles. The van der Waals surface area contributed by atoms with Gasteiger partial charge in [-0.3, -0.25) is 0 Å². The van der Waals surface area contributed by atoms with E-state index in [1.54, 1.807) is 4.31 Å². The van der Waals surface area contributed by atoms with Crippen LogP contribution in [0.25, 0.3) is 0 Å². The summed E-state index contributed by atoms with van der Waals surface area (Å²) in [5.41, 5.74) is 1.01. The summed E-state index contributed by atoms with van der Waals surface area (Å²) in [7, 11) is -1.16. The van der Waals surface area contributed by atoms with E-state index in [1.165, 1.54) is 6.26 Å². The normalized spacial score (nSPS) is 21.7. The lowest BCUT2D eigenvalue weighted by Gasteiger charge is -2.31. The Morgan fingerprint density at radius 2 is 2.32 bits per heavy atom. The highest BCUT2D eigenvalue weighted by atomic mass is 32.2. The van der Waals surface area contributed by atoms with Gasteiger partial charge in [-0.05, 0) is 25.8 Å². The van der Waals surface area contributed by atoms with Crippen LogP contribution in [0.15, 0.2) is 12.5 Å². The van der Waals surface area contributed by atoms with Crippen molar-refractivity contribution in [2.24, 2.45) is 5.92 Å². The Kier molecular flexibility index (Phi) is 4.59. The largest absolute Gasteiger partial charge is 0.337 e. The van der Waals surface area contributed by atoms with Crippen molar-refractivity contribution in [3.05, 3.63) is 18.2 Å². The van der Waals surface area contributed by atoms with E-state index >= 15 is 0 Å². The first-order valence-electron chi connectivity index (χ1n) is 6.59. The van der Waals surface area contributed by atoms with Gasteiger partial charge in [-0.25, -0.2) is 17.7 Å². The molecule has 1 fully saturated rings. The van der Waals surface area contributed by atoms with Crippen molar-refractivity contribution >= 4 is 10.0 Å². The maximum Gasteiger partial charge on any atom is 0.211 e. The molecule has 1 aliphatic heterocycles. The molecule has 1 saturated heterocycles. The second-order valence-electron chi connectivity index (χ2n) is 5.22. The Balaban J connectivity index is 1.94. The first kappa shape index (κ1) is 14.5. The van der Waals surface area contributed by atoms with Gasteiger partial charge in [-0.1, -0.05) is 0 Å². The summed E-state index contributed by atoms with van der Waals surface area (Å²) in [5, 5.41) is 3.06. The minimum atomic E-state index is -3.06. The first-order chi connectivity index (χ1) is 8.99. The third-order valence-corrected chi connectivity index (χ3v) is 4.73. The monoisotopic (exact) mass is 286 g/mol. The van der Waals surface area contributed by atoms with Crippen LogP contribution in [0.3, 0.4) is 0 Å². The van der Waals surface area contributed by atoms with Crippen LogP contribution in [0.5, 0.6) is 0 Å². The third-order valence-electron chi connectivity index (χ3n) is 3.46. The summed E-state index contributed by atoms with van der Waals surface area (Å²) in [6, 6.07) is 0. The van der Waals surface area contributed by atoms with Gasteiger partial charge >= 0.3 is 0 Å². The van der Waals surface area contributed by atoms with Crippen LogP contribution in [-0.4, -0.2) is 48.7 Å². The summed E-state index contributed by atoms with van der Waals surface area (Å²) in [6.45, 7) is 2.87. The molecule has 1 atom stereocenters. The zero-order valence-corrected chi connectivity index (χ0v) is 12.4. The molecule has 19 heavy (non-hydrogen) atoms. The molecule has 108 valence electrons. The summed E-state index contributed by atoms with van der Waals surface area (Å²) in [4.78, 5) is 4.31. The number of piperidine rings is 1. The Morgan fingerprint density at radius 1 is 1.53 bits per heavy atom. The fraction of sp³-hybridized carbons (Fsp3) is 0.750. The minimum Gasteiger partial charge on any atom is -0.337 e. The highest BCUT2D eigenvalue weighted by Gasteiger charge is 2.25. The Morgan fingerprint density at radius 3 is 3.00 bits per heavy atom. The summed E-state index contributed by atoms with van der Waals surface area (Å²) >= 11 is 0. The van der Waals surface area contributed by atoms with Gasteiger partial charge in [0.2, 0.25) is 10.0 Å². The molecule has 1 aromatic rings. The first-order valence-corrected chi connectivity index (χ1v) is 8.44. The molecule has 0 amide bonds. The molecular weight excluding hydrogens is 264 g/mol. The van der Waals surface area contributed by atoms with Gasteiger partial charge in [0.05, 0.1) is 18.3 Å². The van der Waals surface area contributed by atoms with Gasteiger partial charge in [0.15, 0.2) is 0 Å². The van der Waals surface area contributed by atoms with Gasteiger partial charge in [0.25, 0.3) is 0 Å². The van der Waals surface area contributed by atoms with E-state index in [4.69, 9.17) is 0 Å². The molecule has 0 aliphatic carbocycles. The molecule has 2 heterocycles. The number of nitrogens with zero attached hydrogens (tertiary/aromatic N) is 3. The van der Waals surface area contributed by atoms with Gasteiger partial charge in [-0.2, -0.15) is 0 Å². The van der Waals surface area contributed by atoms with Crippen LogP contribution < -0.4 is 5.32 Å². The van der Waals surface area contributed by atoms with Crippen molar-refractivity contribution < 1.29 is 8.42 Å². The third kappa shape index (κ3) is 4.02. The number of sulfonamides is 1. The lowest BCUT2D eigenvalue weighted by molar-refractivity contribution is 0.246. The quantitative estimate of drug-likeness (QED) is 0.844. The predicted octanol–water partition coefficient (Wildman–Crippen LogP) is 0.274. The molecule has 0 bridgehead atoms. The Hall–Kier alpha value is -0.920. The average molecular weight is 286 g/mol. The van der Waals surface area contributed by atoms with Crippen LogP contribution in [0.4, 0.5) is 0 Å². The van der Waals surface area contributed by atoms with E-state index in [0.29, 0.717) is 19.0 Å². The Bertz CT molecular complexity index is 512. The van der Waals surface area contributed by atoms with E-state index in [0.717, 1.165) is 31.6 Å². The molecule has 1 unspecified atom stereocenters. The van der Waals surface area contributed by atoms with E-state index in [-0.39, 0.29) is 0 Å². The maximum atomic E-state index is 11.6. The van der Waals surface area contributed by atoms with Crippen molar-refractivity contribution in [1.82, 2.24) is 19.2 Å². The molecule has 1 aliphatic rings. The van der Waals surface area contributed by atoms with Gasteiger partial charge in [-0.15, -0.1) is 0 Å². The fourth-order valence-electron chi connectivity index (χ4n) is 2.55. The number of nitrogens with one attached hydrogen (secondary N) is 1. The second kappa shape index (κ2) is 6.02. The van der Waals surface area contributed by atoms with Crippen LogP contribution in [-0.2, 0) is 23.1 Å². The number of hydrogen-bond donors (Lipinski definition) is 1. The van der Waals surface area contributed by atoms with Gasteiger partial charge in [0.1, 0.15) is 0 Å². The molecule has 0 saturated carbocycles. The zero-order chi connectivity index (χ0) is 13.9. The van der Waals surface area contributed by atoms with E-state index in [9.17, 15) is 8.42 Å². The standard InChI is InChI=1S/C12H22N4O2S/c1-13-6-12-9-15(10-14-12)7-11-4-3-5-16(8-11)19(2,17)18/h9-11,13H,3-8H2,1-2H3. The molecule has 0 spiro atoms.